The largest absolute Gasteiger partial charge is 0.462 e. The van der Waals surface area contributed by atoms with Crippen LogP contribution in [0.15, 0.2) is 51.9 Å². The van der Waals surface area contributed by atoms with Crippen LogP contribution in [-0.4, -0.2) is 5.97 Å². The van der Waals surface area contributed by atoms with Crippen LogP contribution in [0.3, 0.4) is 0 Å². The normalized spacial score (nSPS) is 10.7. The van der Waals surface area contributed by atoms with Gasteiger partial charge in [0, 0.05) is 10.6 Å². The molecule has 2 aromatic carbocycles. The lowest BCUT2D eigenvalue weighted by atomic mass is 10.1. The van der Waals surface area contributed by atoms with Gasteiger partial charge in [-0.2, -0.15) is 0 Å². The Morgan fingerprint density at radius 3 is 2.70 bits per heavy atom. The first kappa shape index (κ1) is 15.6. The lowest BCUT2D eigenvalue weighted by molar-refractivity contribution is 0.0733. The van der Waals surface area contributed by atoms with Crippen LogP contribution in [0.25, 0.3) is 11.0 Å². The minimum absolute atomic E-state index is 0.000530. The number of fused-ring (bicyclic) bond motifs is 1. The van der Waals surface area contributed by atoms with Crippen LogP contribution < -0.4 is 10.2 Å². The third-order valence-electron chi connectivity index (χ3n) is 3.36. The van der Waals surface area contributed by atoms with Crippen LogP contribution in [0.5, 0.6) is 5.75 Å². The van der Waals surface area contributed by atoms with Crippen molar-refractivity contribution in [1.82, 2.24) is 0 Å². The number of carbonyl (C=O) groups excluding carboxylic acids is 1. The monoisotopic (exact) mass is 348 g/mol. The lowest BCUT2D eigenvalue weighted by Gasteiger charge is -2.09. The zero-order valence-electron chi connectivity index (χ0n) is 11.9. The van der Waals surface area contributed by atoms with E-state index in [1.807, 2.05) is 0 Å². The molecule has 0 N–H and O–H groups in total. The molecule has 0 radical (unpaired) electrons. The van der Waals surface area contributed by atoms with E-state index in [1.54, 1.807) is 25.1 Å². The molecule has 3 rings (SSSR count). The molecule has 0 spiro atoms. The number of esters is 1. The topological polar surface area (TPSA) is 56.5 Å². The molecule has 0 bridgehead atoms. The van der Waals surface area contributed by atoms with Crippen LogP contribution in [-0.2, 0) is 0 Å². The molecule has 6 heteroatoms. The van der Waals surface area contributed by atoms with Crippen molar-refractivity contribution in [2.24, 2.45) is 0 Å². The molecular weight excluding hydrogens is 339 g/mol. The second-order valence-corrected chi connectivity index (χ2v) is 5.72. The van der Waals surface area contributed by atoms with Crippen molar-refractivity contribution in [3.8, 4) is 5.75 Å². The summed E-state index contributed by atoms with van der Waals surface area (Å²) >= 11 is 11.6. The van der Waals surface area contributed by atoms with Crippen molar-refractivity contribution in [2.75, 3.05) is 0 Å². The van der Waals surface area contributed by atoms with Gasteiger partial charge in [-0.15, -0.1) is 0 Å². The number of hydrogen-bond acceptors (Lipinski definition) is 4. The summed E-state index contributed by atoms with van der Waals surface area (Å²) in [7, 11) is 0. The van der Waals surface area contributed by atoms with E-state index in [9.17, 15) is 9.59 Å². The van der Waals surface area contributed by atoms with Gasteiger partial charge in [-0.3, -0.25) is 4.79 Å². The second kappa shape index (κ2) is 6.07. The van der Waals surface area contributed by atoms with Crippen molar-refractivity contribution in [3.63, 3.8) is 0 Å². The van der Waals surface area contributed by atoms with E-state index in [0.29, 0.717) is 32.9 Å². The van der Waals surface area contributed by atoms with Crippen molar-refractivity contribution in [2.45, 2.75) is 6.92 Å². The predicted octanol–water partition coefficient (Wildman–Crippen LogP) is 4.63. The van der Waals surface area contributed by atoms with Gasteiger partial charge in [0.05, 0.1) is 10.9 Å². The molecule has 0 unspecified atom stereocenters. The van der Waals surface area contributed by atoms with E-state index in [2.05, 4.69) is 0 Å². The maximum atomic E-state index is 12.2. The molecule has 4 nitrogen and oxygen atoms in total. The van der Waals surface area contributed by atoms with Gasteiger partial charge in [0.1, 0.15) is 22.6 Å². The molecule has 0 saturated carbocycles. The van der Waals surface area contributed by atoms with Crippen molar-refractivity contribution in [3.05, 3.63) is 74.1 Å². The van der Waals surface area contributed by atoms with Crippen LogP contribution >= 0.6 is 23.2 Å². The molecule has 23 heavy (non-hydrogen) atoms. The van der Waals surface area contributed by atoms with E-state index in [-0.39, 0.29) is 10.5 Å². The van der Waals surface area contributed by atoms with E-state index in [1.165, 1.54) is 24.5 Å². The van der Waals surface area contributed by atoms with Crippen molar-refractivity contribution in [1.29, 1.82) is 0 Å². The molecule has 116 valence electrons. The molecule has 0 aliphatic heterocycles. The SMILES string of the molecule is Cc1c(OC(=O)c2cccc(Cl)c2)ccc2c(=O)c(Cl)coc12. The predicted molar refractivity (Wildman–Crippen MR) is 88.6 cm³/mol. The van der Waals surface area contributed by atoms with E-state index >= 15 is 0 Å². The molecule has 0 aliphatic carbocycles. The highest BCUT2D eigenvalue weighted by atomic mass is 35.5. The number of halogens is 2. The van der Waals surface area contributed by atoms with Crippen LogP contribution in [0.4, 0.5) is 0 Å². The first-order chi connectivity index (χ1) is 11.0. The lowest BCUT2D eigenvalue weighted by Crippen LogP contribution is -2.10. The quantitative estimate of drug-likeness (QED) is 0.500. The Bertz CT molecular complexity index is 976. The average molecular weight is 349 g/mol. The summed E-state index contributed by atoms with van der Waals surface area (Å²) in [5.74, 6) is -0.251. The fraction of sp³-hybridized carbons (Fsp3) is 0.0588. The molecule has 0 atom stereocenters. The Balaban J connectivity index is 2.01. The van der Waals surface area contributed by atoms with Crippen LogP contribution in [0.1, 0.15) is 15.9 Å². The van der Waals surface area contributed by atoms with Gasteiger partial charge in [-0.05, 0) is 37.3 Å². The smallest absolute Gasteiger partial charge is 0.343 e. The number of benzene rings is 2. The van der Waals surface area contributed by atoms with E-state index < -0.39 is 5.97 Å². The highest BCUT2D eigenvalue weighted by molar-refractivity contribution is 6.31. The minimum atomic E-state index is -0.550. The summed E-state index contributed by atoms with van der Waals surface area (Å²) in [4.78, 5) is 24.1. The van der Waals surface area contributed by atoms with Crippen LogP contribution in [0, 0.1) is 6.92 Å². The third-order valence-corrected chi connectivity index (χ3v) is 3.86. The van der Waals surface area contributed by atoms with Gasteiger partial charge >= 0.3 is 5.97 Å². The van der Waals surface area contributed by atoms with Gasteiger partial charge in [0.2, 0.25) is 5.43 Å². The highest BCUT2D eigenvalue weighted by Crippen LogP contribution is 2.27. The molecule has 1 heterocycles. The Hall–Kier alpha value is -2.30. The number of rotatable bonds is 2. The molecule has 0 fully saturated rings. The summed E-state index contributed by atoms with van der Waals surface area (Å²) in [6.07, 6.45) is 1.17. The average Bonchev–Trinajstić information content (AvgIpc) is 2.53. The summed E-state index contributed by atoms with van der Waals surface area (Å²) in [6, 6.07) is 9.49. The van der Waals surface area contributed by atoms with Crippen molar-refractivity contribution < 1.29 is 13.9 Å². The van der Waals surface area contributed by atoms with E-state index in [0.717, 1.165) is 0 Å². The minimum Gasteiger partial charge on any atom is -0.462 e. The highest BCUT2D eigenvalue weighted by Gasteiger charge is 2.15. The van der Waals surface area contributed by atoms with Gasteiger partial charge in [-0.1, -0.05) is 29.3 Å². The number of carbonyl (C=O) groups is 1. The number of aryl methyl sites for hydroxylation is 1. The molecular formula is C17H10Cl2O4. The Morgan fingerprint density at radius 1 is 1.17 bits per heavy atom. The molecule has 0 aliphatic rings. The molecule has 0 saturated heterocycles. The summed E-state index contributed by atoms with van der Waals surface area (Å²) in [6.45, 7) is 1.69. The molecule has 3 aromatic rings. The number of hydrogen-bond donors (Lipinski definition) is 0. The van der Waals surface area contributed by atoms with E-state index in [4.69, 9.17) is 32.4 Å². The summed E-state index contributed by atoms with van der Waals surface area (Å²) in [5.41, 5.74) is 0.862. The molecule has 0 amide bonds. The Kier molecular flexibility index (Phi) is 4.11. The first-order valence-electron chi connectivity index (χ1n) is 6.66. The molecule has 1 aromatic heterocycles. The standard InChI is InChI=1S/C17H10Cl2O4/c1-9-14(23-17(21)10-3-2-4-11(18)7-10)6-5-12-15(20)13(19)8-22-16(9)12/h2-8H,1H3. The second-order valence-electron chi connectivity index (χ2n) is 4.88. The van der Waals surface area contributed by atoms with Gasteiger partial charge in [0.25, 0.3) is 0 Å². The third kappa shape index (κ3) is 2.96. The fourth-order valence-electron chi connectivity index (χ4n) is 2.18. The Labute approximate surface area is 141 Å². The van der Waals surface area contributed by atoms with Gasteiger partial charge in [-0.25, -0.2) is 4.79 Å². The zero-order chi connectivity index (χ0) is 16.6. The maximum absolute atomic E-state index is 12.2. The summed E-state index contributed by atoms with van der Waals surface area (Å²) < 4.78 is 10.7. The maximum Gasteiger partial charge on any atom is 0.343 e. The van der Waals surface area contributed by atoms with Gasteiger partial charge < -0.3 is 9.15 Å². The van der Waals surface area contributed by atoms with Gasteiger partial charge in [0.15, 0.2) is 0 Å². The zero-order valence-corrected chi connectivity index (χ0v) is 13.4. The first-order valence-corrected chi connectivity index (χ1v) is 7.41. The summed E-state index contributed by atoms with van der Waals surface area (Å²) in [5, 5.41) is 0.772. The van der Waals surface area contributed by atoms with Crippen molar-refractivity contribution >= 4 is 40.1 Å². The van der Waals surface area contributed by atoms with Crippen LogP contribution in [0.2, 0.25) is 10.0 Å². The Morgan fingerprint density at radius 2 is 1.96 bits per heavy atom. The fourth-order valence-corrected chi connectivity index (χ4v) is 2.52. The number of ether oxygens (including phenoxy) is 1.